The molecule has 10 heteroatoms. The number of amides is 1. The molecule has 9 nitrogen and oxygen atoms in total. The fraction of sp³-hybridized carbons (Fsp3) is 0.190. The number of aryl methyl sites for hydroxylation is 1. The summed E-state index contributed by atoms with van der Waals surface area (Å²) >= 11 is 0. The Balaban J connectivity index is 1.66. The van der Waals surface area contributed by atoms with Gasteiger partial charge in [-0.2, -0.15) is 0 Å². The van der Waals surface area contributed by atoms with Crippen molar-refractivity contribution in [1.29, 1.82) is 0 Å². The monoisotopic (exact) mass is 442 g/mol. The first-order chi connectivity index (χ1) is 14.8. The van der Waals surface area contributed by atoms with Crippen LogP contribution in [0.4, 0.5) is 11.5 Å². The van der Waals surface area contributed by atoms with Crippen molar-refractivity contribution in [3.05, 3.63) is 66.5 Å². The minimum absolute atomic E-state index is 0.0117. The number of aromatic nitrogens is 2. The smallest absolute Gasteiger partial charge is 0.265 e. The molecule has 0 aliphatic rings. The zero-order chi connectivity index (χ0) is 22.4. The summed E-state index contributed by atoms with van der Waals surface area (Å²) in [5, 5.41) is 2.71. The lowest BCUT2D eigenvalue weighted by Crippen LogP contribution is -2.30. The van der Waals surface area contributed by atoms with Crippen LogP contribution in [0.15, 0.2) is 65.8 Å². The molecule has 0 saturated carbocycles. The number of methoxy groups -OCH3 is 1. The Bertz CT molecular complexity index is 1170. The van der Waals surface area contributed by atoms with Gasteiger partial charge in [0.2, 0.25) is 5.82 Å². The summed E-state index contributed by atoms with van der Waals surface area (Å²) in [6.45, 7) is 3.53. The van der Waals surface area contributed by atoms with E-state index in [0.29, 0.717) is 11.4 Å². The summed E-state index contributed by atoms with van der Waals surface area (Å²) in [6, 6.07) is 13.1. The molecular weight excluding hydrogens is 420 g/mol. The summed E-state index contributed by atoms with van der Waals surface area (Å²) in [6.07, 6.45) is 1.99. The summed E-state index contributed by atoms with van der Waals surface area (Å²) in [7, 11) is -2.56. The lowest BCUT2D eigenvalue weighted by atomic mass is 10.2. The van der Waals surface area contributed by atoms with Crippen molar-refractivity contribution < 1.29 is 22.7 Å². The Morgan fingerprint density at radius 2 is 1.71 bits per heavy atom. The Hall–Kier alpha value is -3.66. The molecule has 2 N–H and O–H groups in total. The van der Waals surface area contributed by atoms with Gasteiger partial charge in [0.05, 0.1) is 12.0 Å². The van der Waals surface area contributed by atoms with E-state index in [4.69, 9.17) is 9.47 Å². The van der Waals surface area contributed by atoms with E-state index in [1.165, 1.54) is 43.8 Å². The van der Waals surface area contributed by atoms with Gasteiger partial charge in [-0.25, -0.2) is 18.4 Å². The van der Waals surface area contributed by atoms with Crippen LogP contribution in [0, 0.1) is 6.92 Å². The molecule has 0 bridgehead atoms. The highest BCUT2D eigenvalue weighted by Crippen LogP contribution is 2.23. The first kappa shape index (κ1) is 22.0. The molecule has 1 unspecified atom stereocenters. The Morgan fingerprint density at radius 1 is 1.03 bits per heavy atom. The lowest BCUT2D eigenvalue weighted by molar-refractivity contribution is -0.122. The third kappa shape index (κ3) is 5.48. The van der Waals surface area contributed by atoms with E-state index in [9.17, 15) is 13.2 Å². The van der Waals surface area contributed by atoms with Crippen LogP contribution >= 0.6 is 0 Å². The van der Waals surface area contributed by atoms with Gasteiger partial charge in [0, 0.05) is 18.1 Å². The first-order valence-corrected chi connectivity index (χ1v) is 10.8. The van der Waals surface area contributed by atoms with E-state index in [0.717, 1.165) is 5.56 Å². The topological polar surface area (TPSA) is 120 Å². The molecule has 1 aromatic heterocycles. The zero-order valence-corrected chi connectivity index (χ0v) is 18.0. The van der Waals surface area contributed by atoms with Gasteiger partial charge in [-0.1, -0.05) is 18.2 Å². The molecule has 0 fully saturated rings. The number of nitrogens with one attached hydrogen (secondary N) is 2. The Morgan fingerprint density at radius 3 is 2.39 bits per heavy atom. The number of rotatable bonds is 8. The number of sulfonamides is 1. The number of anilines is 2. The van der Waals surface area contributed by atoms with E-state index in [1.807, 2.05) is 25.1 Å². The molecule has 1 atom stereocenters. The molecular formula is C21H22N4O5S. The number of hydrogen-bond donors (Lipinski definition) is 2. The SMILES string of the molecule is COc1nccnc1NS(=O)(=O)c1ccc(NC(=O)C(C)Oc2ccccc2C)cc1. The molecule has 0 aliphatic heterocycles. The maximum atomic E-state index is 12.6. The minimum Gasteiger partial charge on any atom is -0.481 e. The molecule has 0 aliphatic carbocycles. The highest BCUT2D eigenvalue weighted by atomic mass is 32.2. The van der Waals surface area contributed by atoms with Crippen LogP contribution in [0.5, 0.6) is 11.6 Å². The van der Waals surface area contributed by atoms with Crippen LogP contribution in [0.2, 0.25) is 0 Å². The van der Waals surface area contributed by atoms with Gasteiger partial charge in [-0.05, 0) is 49.7 Å². The molecule has 31 heavy (non-hydrogen) atoms. The third-order valence-corrected chi connectivity index (χ3v) is 5.64. The van der Waals surface area contributed by atoms with Gasteiger partial charge in [0.25, 0.3) is 21.8 Å². The number of ether oxygens (including phenoxy) is 2. The first-order valence-electron chi connectivity index (χ1n) is 9.31. The molecule has 0 radical (unpaired) electrons. The number of carbonyl (C=O) groups excluding carboxylic acids is 1. The van der Waals surface area contributed by atoms with Crippen molar-refractivity contribution in [2.45, 2.75) is 24.8 Å². The fourth-order valence-electron chi connectivity index (χ4n) is 2.62. The highest BCUT2D eigenvalue weighted by molar-refractivity contribution is 7.92. The average molecular weight is 442 g/mol. The summed E-state index contributed by atoms with van der Waals surface area (Å²) < 4.78 is 38.2. The second kappa shape index (κ2) is 9.43. The predicted octanol–water partition coefficient (Wildman–Crippen LogP) is 3.00. The number of nitrogens with zero attached hydrogens (tertiary/aromatic N) is 2. The maximum Gasteiger partial charge on any atom is 0.265 e. The molecule has 162 valence electrons. The quantitative estimate of drug-likeness (QED) is 0.550. The van der Waals surface area contributed by atoms with Crippen LogP contribution in [-0.2, 0) is 14.8 Å². The molecule has 1 heterocycles. The fourth-order valence-corrected chi connectivity index (χ4v) is 3.63. The van der Waals surface area contributed by atoms with E-state index in [2.05, 4.69) is 20.0 Å². The van der Waals surface area contributed by atoms with E-state index in [-0.39, 0.29) is 22.5 Å². The van der Waals surface area contributed by atoms with Crippen molar-refractivity contribution >= 4 is 27.4 Å². The van der Waals surface area contributed by atoms with Gasteiger partial charge >= 0.3 is 0 Å². The van der Waals surface area contributed by atoms with Gasteiger partial charge in [-0.3, -0.25) is 9.52 Å². The van der Waals surface area contributed by atoms with E-state index >= 15 is 0 Å². The molecule has 3 aromatic rings. The zero-order valence-electron chi connectivity index (χ0n) is 17.2. The third-order valence-electron chi connectivity index (χ3n) is 4.29. The van der Waals surface area contributed by atoms with Crippen molar-refractivity contribution in [3.8, 4) is 11.6 Å². The standard InChI is InChI=1S/C21H22N4O5S/c1-14-6-4-5-7-18(14)30-15(2)20(26)24-16-8-10-17(11-9-16)31(27,28)25-19-21(29-3)23-13-12-22-19/h4-13,15H,1-3H3,(H,22,25)(H,24,26). The number of carbonyl (C=O) groups is 1. The molecule has 0 saturated heterocycles. The lowest BCUT2D eigenvalue weighted by Gasteiger charge is -2.16. The maximum absolute atomic E-state index is 12.6. The number of para-hydroxylation sites is 1. The summed E-state index contributed by atoms with van der Waals surface area (Å²) in [4.78, 5) is 20.2. The Kier molecular flexibility index (Phi) is 6.71. The number of hydrogen-bond acceptors (Lipinski definition) is 7. The Labute approximate surface area is 180 Å². The van der Waals surface area contributed by atoms with Gasteiger partial charge in [-0.15, -0.1) is 0 Å². The van der Waals surface area contributed by atoms with Crippen LogP contribution in [0.1, 0.15) is 12.5 Å². The van der Waals surface area contributed by atoms with Gasteiger partial charge in [0.15, 0.2) is 6.10 Å². The van der Waals surface area contributed by atoms with Crippen molar-refractivity contribution in [1.82, 2.24) is 9.97 Å². The van der Waals surface area contributed by atoms with Crippen LogP contribution in [0.25, 0.3) is 0 Å². The molecule has 3 rings (SSSR count). The average Bonchev–Trinajstić information content (AvgIpc) is 2.76. The summed E-state index contributed by atoms with van der Waals surface area (Å²) in [5.74, 6) is 0.292. The highest BCUT2D eigenvalue weighted by Gasteiger charge is 2.19. The van der Waals surface area contributed by atoms with E-state index < -0.39 is 16.1 Å². The van der Waals surface area contributed by atoms with Crippen molar-refractivity contribution in [3.63, 3.8) is 0 Å². The van der Waals surface area contributed by atoms with Gasteiger partial charge < -0.3 is 14.8 Å². The van der Waals surface area contributed by atoms with Crippen LogP contribution in [0.3, 0.4) is 0 Å². The van der Waals surface area contributed by atoms with Crippen molar-refractivity contribution in [2.24, 2.45) is 0 Å². The predicted molar refractivity (Wildman–Crippen MR) is 116 cm³/mol. The van der Waals surface area contributed by atoms with E-state index in [1.54, 1.807) is 13.0 Å². The largest absolute Gasteiger partial charge is 0.481 e. The van der Waals surface area contributed by atoms with Crippen molar-refractivity contribution in [2.75, 3.05) is 17.1 Å². The normalized spacial score (nSPS) is 12.0. The van der Waals surface area contributed by atoms with Crippen LogP contribution in [-0.4, -0.2) is 37.5 Å². The second-order valence-electron chi connectivity index (χ2n) is 6.56. The molecule has 2 aromatic carbocycles. The number of benzene rings is 2. The van der Waals surface area contributed by atoms with Gasteiger partial charge in [0.1, 0.15) is 5.75 Å². The van der Waals surface area contributed by atoms with Crippen LogP contribution < -0.4 is 19.5 Å². The molecule has 0 spiro atoms. The summed E-state index contributed by atoms with van der Waals surface area (Å²) in [5.41, 5.74) is 1.35. The second-order valence-corrected chi connectivity index (χ2v) is 8.24. The minimum atomic E-state index is -3.92. The molecule has 1 amide bonds.